The normalized spacial score (nSPS) is 20.7. The largest absolute Gasteiger partial charge is 0.573 e. The van der Waals surface area contributed by atoms with Crippen molar-refractivity contribution in [1.29, 1.82) is 0 Å². The molecular weight excluding hydrogens is 387 g/mol. The molecule has 1 atom stereocenters. The van der Waals surface area contributed by atoms with Gasteiger partial charge in [0.1, 0.15) is 17.1 Å². The van der Waals surface area contributed by atoms with Crippen LogP contribution >= 0.6 is 0 Å². The van der Waals surface area contributed by atoms with Gasteiger partial charge in [0.15, 0.2) is 0 Å². The first kappa shape index (κ1) is 19.6. The highest BCUT2D eigenvalue weighted by Crippen LogP contribution is 2.44. The molecule has 154 valence electrons. The van der Waals surface area contributed by atoms with Crippen molar-refractivity contribution in [1.82, 2.24) is 4.90 Å². The number of fused-ring (bicyclic) bond motifs is 1. The Morgan fingerprint density at radius 2 is 1.76 bits per heavy atom. The Balaban J connectivity index is 1.48. The number of aliphatic hydroxyl groups excluding tert-OH is 1. The molecule has 1 N–H and O–H groups in total. The van der Waals surface area contributed by atoms with Crippen molar-refractivity contribution in [2.75, 3.05) is 13.1 Å². The molecule has 1 unspecified atom stereocenters. The van der Waals surface area contributed by atoms with Crippen LogP contribution in [-0.4, -0.2) is 41.0 Å². The lowest BCUT2D eigenvalue weighted by atomic mass is 9.81. The second-order valence-corrected chi connectivity index (χ2v) is 7.38. The maximum absolute atomic E-state index is 12.8. The fourth-order valence-corrected chi connectivity index (χ4v) is 4.04. The summed E-state index contributed by atoms with van der Waals surface area (Å²) in [6.07, 6.45) is -4.15. The lowest BCUT2D eigenvalue weighted by molar-refractivity contribution is -0.274. The molecule has 5 nitrogen and oxygen atoms in total. The maximum Gasteiger partial charge on any atom is 0.573 e. The van der Waals surface area contributed by atoms with Gasteiger partial charge in [-0.15, -0.1) is 13.2 Å². The standard InChI is InChI=1S/C21H20F3NO4/c22-21(23,24)29-18-8-4-2-6-15(18)19(27)25-11-9-20(10-12-25)13-16(26)14-5-1-3-7-17(14)28-20/h1-8,16,26H,9-13H2. The molecule has 1 fully saturated rings. The third-order valence-electron chi connectivity index (χ3n) is 5.47. The van der Waals surface area contributed by atoms with E-state index in [-0.39, 0.29) is 5.56 Å². The number of aliphatic hydroxyl groups is 1. The van der Waals surface area contributed by atoms with Crippen LogP contribution in [0.4, 0.5) is 13.2 Å². The molecule has 8 heteroatoms. The molecule has 0 aliphatic carbocycles. The third-order valence-corrected chi connectivity index (χ3v) is 5.47. The number of benzene rings is 2. The second kappa shape index (κ2) is 7.26. The number of piperidine rings is 1. The molecule has 2 aromatic carbocycles. The van der Waals surface area contributed by atoms with Crippen LogP contribution in [-0.2, 0) is 0 Å². The van der Waals surface area contributed by atoms with Crippen LogP contribution in [0.1, 0.15) is 41.3 Å². The number of alkyl halides is 3. The number of carbonyl (C=O) groups excluding carboxylic acids is 1. The van der Waals surface area contributed by atoms with Crippen molar-refractivity contribution in [2.24, 2.45) is 0 Å². The summed E-state index contributed by atoms with van der Waals surface area (Å²) in [5.41, 5.74) is 0.0255. The van der Waals surface area contributed by atoms with Gasteiger partial charge in [0.25, 0.3) is 5.91 Å². The zero-order valence-corrected chi connectivity index (χ0v) is 15.5. The molecule has 1 saturated heterocycles. The van der Waals surface area contributed by atoms with Crippen molar-refractivity contribution in [3.8, 4) is 11.5 Å². The third kappa shape index (κ3) is 4.03. The molecule has 0 bridgehead atoms. The highest BCUT2D eigenvalue weighted by atomic mass is 19.4. The predicted molar refractivity (Wildman–Crippen MR) is 97.6 cm³/mol. The fraction of sp³-hybridized carbons (Fsp3) is 0.381. The van der Waals surface area contributed by atoms with Gasteiger partial charge in [-0.25, -0.2) is 0 Å². The topological polar surface area (TPSA) is 59.0 Å². The Morgan fingerprint density at radius 3 is 2.48 bits per heavy atom. The van der Waals surface area contributed by atoms with E-state index in [2.05, 4.69) is 4.74 Å². The molecule has 0 aromatic heterocycles. The number of nitrogens with zero attached hydrogens (tertiary/aromatic N) is 1. The number of carbonyl (C=O) groups is 1. The molecule has 2 aromatic rings. The number of hydrogen-bond acceptors (Lipinski definition) is 4. The molecule has 4 rings (SSSR count). The van der Waals surface area contributed by atoms with E-state index in [1.807, 2.05) is 24.3 Å². The lowest BCUT2D eigenvalue weighted by Gasteiger charge is -2.46. The van der Waals surface area contributed by atoms with E-state index in [9.17, 15) is 23.1 Å². The second-order valence-electron chi connectivity index (χ2n) is 7.38. The summed E-state index contributed by atoms with van der Waals surface area (Å²) in [6.45, 7) is 0.627. The van der Waals surface area contributed by atoms with Crippen molar-refractivity contribution < 1.29 is 32.5 Å². The van der Waals surface area contributed by atoms with Gasteiger partial charge < -0.3 is 19.5 Å². The van der Waals surface area contributed by atoms with Gasteiger partial charge in [0.2, 0.25) is 0 Å². The van der Waals surface area contributed by atoms with E-state index < -0.39 is 29.7 Å². The number of amides is 1. The summed E-state index contributed by atoms with van der Waals surface area (Å²) >= 11 is 0. The van der Waals surface area contributed by atoms with Gasteiger partial charge in [-0.2, -0.15) is 0 Å². The number of likely N-dealkylation sites (tertiary alicyclic amines) is 1. The molecule has 1 amide bonds. The minimum Gasteiger partial charge on any atom is -0.487 e. The van der Waals surface area contributed by atoms with E-state index in [0.29, 0.717) is 38.1 Å². The Hall–Kier alpha value is -2.74. The van der Waals surface area contributed by atoms with Crippen molar-refractivity contribution in [3.05, 3.63) is 59.7 Å². The summed E-state index contributed by atoms with van der Waals surface area (Å²) in [6, 6.07) is 12.6. The monoisotopic (exact) mass is 407 g/mol. The van der Waals surface area contributed by atoms with Crippen LogP contribution in [0.5, 0.6) is 11.5 Å². The van der Waals surface area contributed by atoms with Crippen molar-refractivity contribution in [2.45, 2.75) is 37.3 Å². The Bertz CT molecular complexity index is 907. The average molecular weight is 407 g/mol. The number of halogens is 3. The van der Waals surface area contributed by atoms with Crippen LogP contribution in [0.15, 0.2) is 48.5 Å². The average Bonchev–Trinajstić information content (AvgIpc) is 2.67. The van der Waals surface area contributed by atoms with Gasteiger partial charge in [0.05, 0.1) is 11.7 Å². The lowest BCUT2D eigenvalue weighted by Crippen LogP contribution is -2.51. The van der Waals surface area contributed by atoms with Gasteiger partial charge >= 0.3 is 6.36 Å². The summed E-state index contributed by atoms with van der Waals surface area (Å²) in [5, 5.41) is 10.5. The zero-order valence-electron chi connectivity index (χ0n) is 15.5. The first-order chi connectivity index (χ1) is 13.8. The van der Waals surface area contributed by atoms with Gasteiger partial charge in [0, 0.05) is 37.9 Å². The molecule has 0 saturated carbocycles. The van der Waals surface area contributed by atoms with E-state index >= 15 is 0 Å². The van der Waals surface area contributed by atoms with E-state index in [1.54, 1.807) is 0 Å². The van der Waals surface area contributed by atoms with Crippen LogP contribution in [0.25, 0.3) is 0 Å². The number of ether oxygens (including phenoxy) is 2. The molecular formula is C21H20F3NO4. The van der Waals surface area contributed by atoms with Crippen LogP contribution < -0.4 is 9.47 Å². The number of hydrogen-bond donors (Lipinski definition) is 1. The van der Waals surface area contributed by atoms with Crippen molar-refractivity contribution >= 4 is 5.91 Å². The van der Waals surface area contributed by atoms with E-state index in [4.69, 9.17) is 4.74 Å². The minimum atomic E-state index is -4.87. The summed E-state index contributed by atoms with van der Waals surface area (Å²) in [5.74, 6) is -0.394. The van der Waals surface area contributed by atoms with Crippen LogP contribution in [0.2, 0.25) is 0 Å². The highest BCUT2D eigenvalue weighted by molar-refractivity contribution is 5.97. The molecule has 0 radical (unpaired) electrons. The quantitative estimate of drug-likeness (QED) is 0.815. The highest BCUT2D eigenvalue weighted by Gasteiger charge is 2.44. The van der Waals surface area contributed by atoms with Gasteiger partial charge in [-0.1, -0.05) is 30.3 Å². The van der Waals surface area contributed by atoms with Crippen LogP contribution in [0.3, 0.4) is 0 Å². The van der Waals surface area contributed by atoms with Gasteiger partial charge in [-0.3, -0.25) is 4.79 Å². The minimum absolute atomic E-state index is 0.129. The summed E-state index contributed by atoms with van der Waals surface area (Å²) in [7, 11) is 0. The SMILES string of the molecule is O=C(c1ccccc1OC(F)(F)F)N1CCC2(CC1)CC(O)c1ccccc1O2. The van der Waals surface area contributed by atoms with E-state index in [1.165, 1.54) is 23.1 Å². The van der Waals surface area contributed by atoms with Crippen LogP contribution in [0, 0.1) is 0 Å². The zero-order chi connectivity index (χ0) is 20.6. The molecule has 1 spiro atoms. The molecule has 2 aliphatic heterocycles. The first-order valence-electron chi connectivity index (χ1n) is 9.36. The number of para-hydroxylation sites is 2. The Kier molecular flexibility index (Phi) is 4.90. The Morgan fingerprint density at radius 1 is 1.10 bits per heavy atom. The summed E-state index contributed by atoms with van der Waals surface area (Å²) < 4.78 is 48.1. The molecule has 29 heavy (non-hydrogen) atoms. The van der Waals surface area contributed by atoms with Crippen molar-refractivity contribution in [3.63, 3.8) is 0 Å². The predicted octanol–water partition coefficient (Wildman–Crippen LogP) is 4.08. The first-order valence-corrected chi connectivity index (χ1v) is 9.36. The fourth-order valence-electron chi connectivity index (χ4n) is 4.04. The van der Waals surface area contributed by atoms with Gasteiger partial charge in [-0.05, 0) is 18.2 Å². The Labute approximate surface area is 165 Å². The maximum atomic E-state index is 12.8. The van der Waals surface area contributed by atoms with E-state index in [0.717, 1.165) is 11.6 Å². The smallest absolute Gasteiger partial charge is 0.487 e. The number of rotatable bonds is 2. The summed E-state index contributed by atoms with van der Waals surface area (Å²) in [4.78, 5) is 14.3. The molecule has 2 heterocycles. The molecule has 2 aliphatic rings.